The second-order valence-electron chi connectivity index (χ2n) is 5.52. The van der Waals surface area contributed by atoms with Crippen molar-refractivity contribution < 1.29 is 14.7 Å². The van der Waals surface area contributed by atoms with Crippen LogP contribution in [0.4, 0.5) is 5.69 Å². The van der Waals surface area contributed by atoms with Gasteiger partial charge < -0.3 is 15.0 Å². The predicted octanol–water partition coefficient (Wildman–Crippen LogP) is 2.47. The first-order valence-corrected chi connectivity index (χ1v) is 6.85. The van der Waals surface area contributed by atoms with Crippen molar-refractivity contribution in [1.82, 2.24) is 9.55 Å². The van der Waals surface area contributed by atoms with Crippen LogP contribution in [0.25, 0.3) is 11.0 Å². The standard InChI is InChI=1S/C14H16ClN3O3/c1-14(2,6-15)13(21)17-8-4-9(12(19)20)11-10(5-8)16-7-18(11)3/h4-5,7H,6H2,1-3H3,(H,17,21)(H,19,20). The molecule has 1 aromatic carbocycles. The molecule has 2 rings (SSSR count). The molecule has 7 heteroatoms. The molecule has 0 unspecified atom stereocenters. The molecule has 0 bridgehead atoms. The second-order valence-corrected chi connectivity index (χ2v) is 5.79. The topological polar surface area (TPSA) is 84.2 Å². The summed E-state index contributed by atoms with van der Waals surface area (Å²) < 4.78 is 1.63. The van der Waals surface area contributed by atoms with Crippen LogP contribution in [0.2, 0.25) is 0 Å². The highest BCUT2D eigenvalue weighted by molar-refractivity contribution is 6.20. The number of nitrogens with one attached hydrogen (secondary N) is 1. The van der Waals surface area contributed by atoms with Gasteiger partial charge in [-0.3, -0.25) is 4.79 Å². The van der Waals surface area contributed by atoms with E-state index in [1.165, 1.54) is 12.4 Å². The lowest BCUT2D eigenvalue weighted by atomic mass is 9.95. The molecular formula is C14H16ClN3O3. The van der Waals surface area contributed by atoms with E-state index in [0.29, 0.717) is 16.7 Å². The van der Waals surface area contributed by atoms with Gasteiger partial charge in [0.25, 0.3) is 0 Å². The van der Waals surface area contributed by atoms with Crippen LogP contribution >= 0.6 is 11.6 Å². The number of rotatable bonds is 4. The van der Waals surface area contributed by atoms with Crippen molar-refractivity contribution in [2.75, 3.05) is 11.2 Å². The Balaban J connectivity index is 2.47. The van der Waals surface area contributed by atoms with E-state index in [1.54, 1.807) is 31.5 Å². The number of aromatic carboxylic acids is 1. The summed E-state index contributed by atoms with van der Waals surface area (Å²) in [6.45, 7) is 3.43. The number of amides is 1. The van der Waals surface area contributed by atoms with E-state index in [1.807, 2.05) is 0 Å². The average Bonchev–Trinajstić information content (AvgIpc) is 2.79. The molecule has 6 nitrogen and oxygen atoms in total. The number of anilines is 1. The highest BCUT2D eigenvalue weighted by atomic mass is 35.5. The summed E-state index contributed by atoms with van der Waals surface area (Å²) in [6.07, 6.45) is 1.53. The van der Waals surface area contributed by atoms with Crippen LogP contribution in [0.3, 0.4) is 0 Å². The summed E-state index contributed by atoms with van der Waals surface area (Å²) in [6, 6.07) is 3.07. The molecule has 0 atom stereocenters. The van der Waals surface area contributed by atoms with E-state index in [2.05, 4.69) is 10.3 Å². The average molecular weight is 310 g/mol. The molecule has 2 N–H and O–H groups in total. The summed E-state index contributed by atoms with van der Waals surface area (Å²) in [5.41, 5.74) is 0.756. The molecule has 0 aliphatic carbocycles. The Morgan fingerprint density at radius 1 is 1.43 bits per heavy atom. The Hall–Kier alpha value is -2.08. The largest absolute Gasteiger partial charge is 0.478 e. The molecule has 0 radical (unpaired) electrons. The third kappa shape index (κ3) is 2.85. The lowest BCUT2D eigenvalue weighted by Gasteiger charge is -2.20. The number of fused-ring (bicyclic) bond motifs is 1. The van der Waals surface area contributed by atoms with Gasteiger partial charge in [0.2, 0.25) is 5.91 Å². The van der Waals surface area contributed by atoms with E-state index < -0.39 is 11.4 Å². The van der Waals surface area contributed by atoms with Crippen LogP contribution in [-0.4, -0.2) is 32.4 Å². The van der Waals surface area contributed by atoms with Gasteiger partial charge in [-0.15, -0.1) is 11.6 Å². The number of carbonyl (C=O) groups excluding carboxylic acids is 1. The predicted molar refractivity (Wildman–Crippen MR) is 80.8 cm³/mol. The fourth-order valence-electron chi connectivity index (χ4n) is 1.89. The lowest BCUT2D eigenvalue weighted by Crippen LogP contribution is -2.32. The lowest BCUT2D eigenvalue weighted by molar-refractivity contribution is -0.122. The Labute approximate surface area is 126 Å². The van der Waals surface area contributed by atoms with Crippen LogP contribution in [-0.2, 0) is 11.8 Å². The minimum Gasteiger partial charge on any atom is -0.478 e. The maximum absolute atomic E-state index is 12.1. The van der Waals surface area contributed by atoms with Gasteiger partial charge in [-0.25, -0.2) is 9.78 Å². The fourth-order valence-corrected chi connectivity index (χ4v) is 2.01. The minimum atomic E-state index is -1.07. The molecule has 1 amide bonds. The number of nitrogens with zero attached hydrogens (tertiary/aromatic N) is 2. The number of hydrogen-bond acceptors (Lipinski definition) is 3. The van der Waals surface area contributed by atoms with Gasteiger partial charge in [0.1, 0.15) is 0 Å². The maximum atomic E-state index is 12.1. The zero-order chi connectivity index (χ0) is 15.8. The number of carboxylic acid groups (broad SMARTS) is 1. The fraction of sp³-hybridized carbons (Fsp3) is 0.357. The molecule has 0 fully saturated rings. The quantitative estimate of drug-likeness (QED) is 0.850. The Morgan fingerprint density at radius 2 is 2.10 bits per heavy atom. The van der Waals surface area contributed by atoms with Crippen molar-refractivity contribution in [3.63, 3.8) is 0 Å². The number of halogens is 1. The maximum Gasteiger partial charge on any atom is 0.337 e. The highest BCUT2D eigenvalue weighted by Crippen LogP contribution is 2.25. The molecule has 0 saturated carbocycles. The Morgan fingerprint density at radius 3 is 2.67 bits per heavy atom. The second kappa shape index (κ2) is 5.37. The first-order valence-electron chi connectivity index (χ1n) is 6.32. The smallest absolute Gasteiger partial charge is 0.337 e. The van der Waals surface area contributed by atoms with Crippen LogP contribution < -0.4 is 5.32 Å². The van der Waals surface area contributed by atoms with Crippen molar-refractivity contribution in [1.29, 1.82) is 0 Å². The Bertz CT molecular complexity index is 722. The third-order valence-corrected chi connectivity index (χ3v) is 3.92. The van der Waals surface area contributed by atoms with Gasteiger partial charge in [0.15, 0.2) is 0 Å². The van der Waals surface area contributed by atoms with E-state index >= 15 is 0 Å². The molecule has 0 aliphatic rings. The summed E-state index contributed by atoms with van der Waals surface area (Å²) >= 11 is 5.76. The first kappa shape index (κ1) is 15.3. The molecule has 21 heavy (non-hydrogen) atoms. The van der Waals surface area contributed by atoms with Crippen molar-refractivity contribution in [2.45, 2.75) is 13.8 Å². The molecule has 0 saturated heterocycles. The van der Waals surface area contributed by atoms with Crippen molar-refractivity contribution in [2.24, 2.45) is 12.5 Å². The van der Waals surface area contributed by atoms with Gasteiger partial charge in [-0.2, -0.15) is 0 Å². The van der Waals surface area contributed by atoms with Crippen molar-refractivity contribution in [3.8, 4) is 0 Å². The van der Waals surface area contributed by atoms with E-state index in [4.69, 9.17) is 11.6 Å². The van der Waals surface area contributed by atoms with Crippen molar-refractivity contribution >= 4 is 40.2 Å². The summed E-state index contributed by atoms with van der Waals surface area (Å²) in [4.78, 5) is 27.6. The first-order chi connectivity index (χ1) is 9.76. The molecule has 2 aromatic rings. The SMILES string of the molecule is Cn1cnc2cc(NC(=O)C(C)(C)CCl)cc(C(=O)O)c21. The summed E-state index contributed by atoms with van der Waals surface area (Å²) in [7, 11) is 1.72. The number of imidazole rings is 1. The molecule has 112 valence electrons. The normalized spacial score (nSPS) is 11.6. The van der Waals surface area contributed by atoms with Gasteiger partial charge in [-0.05, 0) is 26.0 Å². The highest BCUT2D eigenvalue weighted by Gasteiger charge is 2.27. The van der Waals surface area contributed by atoms with E-state index in [-0.39, 0.29) is 17.4 Å². The number of aromatic nitrogens is 2. The molecule has 1 aromatic heterocycles. The molecule has 0 aliphatic heterocycles. The summed E-state index contributed by atoms with van der Waals surface area (Å²) in [5.74, 6) is -1.18. The number of benzene rings is 1. The van der Waals surface area contributed by atoms with Gasteiger partial charge in [0.05, 0.1) is 28.3 Å². The van der Waals surface area contributed by atoms with Gasteiger partial charge in [-0.1, -0.05) is 0 Å². The van der Waals surface area contributed by atoms with Crippen molar-refractivity contribution in [3.05, 3.63) is 24.0 Å². The number of aryl methyl sites for hydroxylation is 1. The Kier molecular flexibility index (Phi) is 3.91. The van der Waals surface area contributed by atoms with Gasteiger partial charge >= 0.3 is 5.97 Å². The zero-order valence-electron chi connectivity index (χ0n) is 12.0. The van der Waals surface area contributed by atoms with Crippen LogP contribution in [0.5, 0.6) is 0 Å². The molecule has 1 heterocycles. The minimum absolute atomic E-state index is 0.0893. The van der Waals surface area contributed by atoms with Crippen LogP contribution in [0.15, 0.2) is 18.5 Å². The van der Waals surface area contributed by atoms with Gasteiger partial charge in [0, 0.05) is 18.6 Å². The summed E-state index contributed by atoms with van der Waals surface area (Å²) in [5, 5.41) is 12.0. The van der Waals surface area contributed by atoms with Crippen LogP contribution in [0.1, 0.15) is 24.2 Å². The number of carbonyl (C=O) groups is 2. The molecule has 0 spiro atoms. The zero-order valence-corrected chi connectivity index (χ0v) is 12.7. The third-order valence-electron chi connectivity index (χ3n) is 3.25. The number of carboxylic acids is 1. The van der Waals surface area contributed by atoms with Crippen LogP contribution in [0, 0.1) is 5.41 Å². The van der Waals surface area contributed by atoms with E-state index in [9.17, 15) is 14.7 Å². The number of alkyl halides is 1. The molecular weight excluding hydrogens is 294 g/mol. The number of hydrogen-bond donors (Lipinski definition) is 2. The van der Waals surface area contributed by atoms with E-state index in [0.717, 1.165) is 0 Å². The monoisotopic (exact) mass is 309 g/mol.